The number of aryl methyl sites for hydroxylation is 1. The highest BCUT2D eigenvalue weighted by atomic mass is 35.5. The summed E-state index contributed by atoms with van der Waals surface area (Å²) >= 11 is 5.69. The van der Waals surface area contributed by atoms with Gasteiger partial charge in [0.25, 0.3) is 5.69 Å². The summed E-state index contributed by atoms with van der Waals surface area (Å²) in [6.07, 6.45) is 1.25. The molecule has 1 aromatic carbocycles. The molecule has 0 N–H and O–H groups in total. The third-order valence-electron chi connectivity index (χ3n) is 1.62. The molecule has 0 amide bonds. The highest BCUT2D eigenvalue weighted by molar-refractivity contribution is 6.31. The second-order valence-electron chi connectivity index (χ2n) is 2.55. The zero-order chi connectivity index (χ0) is 10.7. The van der Waals surface area contributed by atoms with E-state index in [1.807, 2.05) is 0 Å². The standard InChI is InChI=1S/C8H5ClN2O3/c1-5-2-7(10-4-12)8(11(13)14)3-6(5)9/h2-3H,1H3. The molecule has 0 unspecified atom stereocenters. The second kappa shape index (κ2) is 4.00. The molecule has 5 nitrogen and oxygen atoms in total. The average molecular weight is 213 g/mol. The topological polar surface area (TPSA) is 72.6 Å². The van der Waals surface area contributed by atoms with E-state index in [-0.39, 0.29) is 16.4 Å². The molecule has 0 aliphatic rings. The predicted octanol–water partition coefficient (Wildman–Crippen LogP) is 2.52. The largest absolute Gasteiger partial charge is 0.297 e. The Hall–Kier alpha value is -1.71. The van der Waals surface area contributed by atoms with Crippen LogP contribution in [0.4, 0.5) is 11.4 Å². The fourth-order valence-electron chi connectivity index (χ4n) is 0.941. The Kier molecular flexibility index (Phi) is 2.96. The first kappa shape index (κ1) is 10.4. The smallest absolute Gasteiger partial charge is 0.258 e. The van der Waals surface area contributed by atoms with E-state index in [1.54, 1.807) is 6.92 Å². The average Bonchev–Trinajstić information content (AvgIpc) is 2.11. The van der Waals surface area contributed by atoms with Crippen LogP contribution in [0, 0.1) is 17.0 Å². The van der Waals surface area contributed by atoms with Crippen molar-refractivity contribution in [3.05, 3.63) is 32.8 Å². The number of rotatable bonds is 2. The maximum atomic E-state index is 10.5. The van der Waals surface area contributed by atoms with Gasteiger partial charge >= 0.3 is 0 Å². The molecule has 6 heteroatoms. The Bertz CT molecular complexity index is 411. The van der Waals surface area contributed by atoms with Gasteiger partial charge in [0, 0.05) is 6.07 Å². The van der Waals surface area contributed by atoms with Crippen molar-refractivity contribution in [1.29, 1.82) is 0 Å². The van der Waals surface area contributed by atoms with Crippen molar-refractivity contribution >= 4 is 29.1 Å². The van der Waals surface area contributed by atoms with E-state index in [1.165, 1.54) is 12.1 Å². The van der Waals surface area contributed by atoms with Gasteiger partial charge in [-0.3, -0.25) is 10.1 Å². The van der Waals surface area contributed by atoms with Gasteiger partial charge in [-0.2, -0.15) is 4.99 Å². The quantitative estimate of drug-likeness (QED) is 0.327. The molecule has 0 radical (unpaired) electrons. The van der Waals surface area contributed by atoms with Crippen molar-refractivity contribution in [1.82, 2.24) is 0 Å². The van der Waals surface area contributed by atoms with E-state index in [2.05, 4.69) is 4.99 Å². The summed E-state index contributed by atoms with van der Waals surface area (Å²) in [4.78, 5) is 23.1. The third kappa shape index (κ3) is 1.96. The van der Waals surface area contributed by atoms with Crippen LogP contribution in [0.5, 0.6) is 0 Å². The van der Waals surface area contributed by atoms with E-state index in [0.29, 0.717) is 5.56 Å². The van der Waals surface area contributed by atoms with Crippen LogP contribution in [0.1, 0.15) is 5.56 Å². The van der Waals surface area contributed by atoms with Crippen molar-refractivity contribution in [3.8, 4) is 0 Å². The maximum absolute atomic E-state index is 10.5. The molecule has 0 aliphatic carbocycles. The molecular formula is C8H5ClN2O3. The summed E-state index contributed by atoms with van der Waals surface area (Å²) in [5, 5.41) is 10.8. The zero-order valence-electron chi connectivity index (χ0n) is 7.15. The van der Waals surface area contributed by atoms with Gasteiger partial charge < -0.3 is 0 Å². The number of benzene rings is 1. The lowest BCUT2D eigenvalue weighted by molar-refractivity contribution is -0.384. The number of carbonyl (C=O) groups excluding carboxylic acids is 1. The van der Waals surface area contributed by atoms with E-state index >= 15 is 0 Å². The van der Waals surface area contributed by atoms with Gasteiger partial charge in [0.15, 0.2) is 5.69 Å². The van der Waals surface area contributed by atoms with Gasteiger partial charge in [-0.05, 0) is 18.6 Å². The summed E-state index contributed by atoms with van der Waals surface area (Å²) in [5.41, 5.74) is 0.280. The predicted molar refractivity (Wildman–Crippen MR) is 50.6 cm³/mol. The van der Waals surface area contributed by atoms with Gasteiger partial charge in [0.05, 0.1) is 9.95 Å². The molecule has 0 heterocycles. The van der Waals surface area contributed by atoms with E-state index in [9.17, 15) is 14.9 Å². The van der Waals surface area contributed by atoms with Crippen molar-refractivity contribution in [2.75, 3.05) is 0 Å². The number of hydrogen-bond donors (Lipinski definition) is 0. The van der Waals surface area contributed by atoms with E-state index in [4.69, 9.17) is 11.6 Å². The van der Waals surface area contributed by atoms with Gasteiger partial charge in [-0.25, -0.2) is 4.79 Å². The van der Waals surface area contributed by atoms with Crippen LogP contribution in [0.25, 0.3) is 0 Å². The highest BCUT2D eigenvalue weighted by Gasteiger charge is 2.15. The fraction of sp³-hybridized carbons (Fsp3) is 0.125. The summed E-state index contributed by atoms with van der Waals surface area (Å²) in [7, 11) is 0. The van der Waals surface area contributed by atoms with Crippen LogP contribution >= 0.6 is 11.6 Å². The van der Waals surface area contributed by atoms with Crippen molar-refractivity contribution < 1.29 is 9.72 Å². The minimum absolute atomic E-state index is 0.0353. The monoisotopic (exact) mass is 212 g/mol. The number of hydrogen-bond acceptors (Lipinski definition) is 4. The zero-order valence-corrected chi connectivity index (χ0v) is 7.91. The van der Waals surface area contributed by atoms with Gasteiger partial charge in [-0.15, -0.1) is 0 Å². The summed E-state index contributed by atoms with van der Waals surface area (Å²) in [6.45, 7) is 1.66. The lowest BCUT2D eigenvalue weighted by Crippen LogP contribution is -1.89. The molecule has 0 saturated heterocycles. The molecule has 0 atom stereocenters. The number of nitro groups is 1. The number of aliphatic imine (C=N–C) groups is 1. The molecule has 0 aliphatic heterocycles. The Morgan fingerprint density at radius 2 is 2.21 bits per heavy atom. The molecule has 0 bridgehead atoms. The Morgan fingerprint density at radius 1 is 1.57 bits per heavy atom. The minimum atomic E-state index is -0.651. The first-order valence-electron chi connectivity index (χ1n) is 3.58. The summed E-state index contributed by atoms with van der Waals surface area (Å²) in [5.74, 6) is 0. The number of nitro benzene ring substituents is 1. The first-order valence-corrected chi connectivity index (χ1v) is 3.96. The van der Waals surface area contributed by atoms with Gasteiger partial charge in [-0.1, -0.05) is 11.6 Å². The molecule has 72 valence electrons. The molecule has 14 heavy (non-hydrogen) atoms. The molecule has 0 aromatic heterocycles. The lowest BCUT2D eigenvalue weighted by atomic mass is 10.2. The molecule has 0 fully saturated rings. The Labute approximate surface area is 84.2 Å². The van der Waals surface area contributed by atoms with Crippen LogP contribution in [0.3, 0.4) is 0 Å². The summed E-state index contributed by atoms with van der Waals surface area (Å²) in [6, 6.07) is 2.53. The number of isocyanates is 1. The first-order chi connectivity index (χ1) is 6.56. The van der Waals surface area contributed by atoms with E-state index in [0.717, 1.165) is 6.07 Å². The molecule has 0 saturated carbocycles. The van der Waals surface area contributed by atoms with Crippen molar-refractivity contribution in [2.24, 2.45) is 4.99 Å². The highest BCUT2D eigenvalue weighted by Crippen LogP contribution is 2.32. The summed E-state index contributed by atoms with van der Waals surface area (Å²) < 4.78 is 0. The van der Waals surface area contributed by atoms with E-state index < -0.39 is 4.92 Å². The van der Waals surface area contributed by atoms with Crippen LogP contribution in [0.15, 0.2) is 17.1 Å². The molecule has 0 spiro atoms. The van der Waals surface area contributed by atoms with Gasteiger partial charge in [0.1, 0.15) is 0 Å². The molecular weight excluding hydrogens is 208 g/mol. The SMILES string of the molecule is Cc1cc(N=C=O)c([N+](=O)[O-])cc1Cl. The Balaban J connectivity index is 3.45. The third-order valence-corrected chi connectivity index (χ3v) is 2.03. The normalized spacial score (nSPS) is 9.29. The van der Waals surface area contributed by atoms with Crippen molar-refractivity contribution in [3.63, 3.8) is 0 Å². The van der Waals surface area contributed by atoms with Crippen molar-refractivity contribution in [2.45, 2.75) is 6.92 Å². The van der Waals surface area contributed by atoms with Crippen LogP contribution < -0.4 is 0 Å². The van der Waals surface area contributed by atoms with Crippen LogP contribution in [-0.2, 0) is 4.79 Å². The second-order valence-corrected chi connectivity index (χ2v) is 2.96. The molecule has 1 aromatic rings. The van der Waals surface area contributed by atoms with Crippen LogP contribution in [0.2, 0.25) is 5.02 Å². The molecule has 1 rings (SSSR count). The fourth-order valence-corrected chi connectivity index (χ4v) is 1.10. The Morgan fingerprint density at radius 3 is 2.71 bits per heavy atom. The minimum Gasteiger partial charge on any atom is -0.258 e. The van der Waals surface area contributed by atoms with Crippen LogP contribution in [-0.4, -0.2) is 11.0 Å². The number of nitrogens with zero attached hydrogens (tertiary/aromatic N) is 2. The number of halogens is 1. The maximum Gasteiger partial charge on any atom is 0.297 e. The van der Waals surface area contributed by atoms with Gasteiger partial charge in [0.2, 0.25) is 6.08 Å². The lowest BCUT2D eigenvalue weighted by Gasteiger charge is -1.99.